The smallest absolute Gasteiger partial charge is 0.227 e. The fourth-order valence-corrected chi connectivity index (χ4v) is 1.80. The molecule has 0 aliphatic carbocycles. The second kappa shape index (κ2) is 7.44. The Labute approximate surface area is 99.7 Å². The lowest BCUT2D eigenvalue weighted by atomic mass is 9.95. The third kappa shape index (κ3) is 4.79. The van der Waals surface area contributed by atoms with E-state index in [1.165, 1.54) is 0 Å². The van der Waals surface area contributed by atoms with Crippen LogP contribution in [0.4, 0.5) is 0 Å². The van der Waals surface area contributed by atoms with Crippen molar-refractivity contribution in [3.05, 3.63) is 12.7 Å². The molecule has 1 atom stereocenters. The largest absolute Gasteiger partial charge is 0.336 e. The van der Waals surface area contributed by atoms with Gasteiger partial charge in [-0.3, -0.25) is 4.79 Å². The first-order chi connectivity index (χ1) is 7.43. The van der Waals surface area contributed by atoms with E-state index in [2.05, 4.69) is 20.4 Å². The van der Waals surface area contributed by atoms with Crippen LogP contribution in [0.3, 0.4) is 0 Å². The van der Waals surface area contributed by atoms with E-state index in [1.54, 1.807) is 6.08 Å². The van der Waals surface area contributed by atoms with E-state index in [-0.39, 0.29) is 17.9 Å². The SMILES string of the molecule is C=CCN(C(=O)C(CN)CC(C)C)C(C)C. The number of hydrogen-bond acceptors (Lipinski definition) is 2. The van der Waals surface area contributed by atoms with Crippen LogP contribution in [-0.2, 0) is 4.79 Å². The highest BCUT2D eigenvalue weighted by Gasteiger charge is 2.24. The standard InChI is InChI=1S/C13H26N2O/c1-6-7-15(11(4)5)13(16)12(9-14)8-10(2)3/h6,10-12H,1,7-9,14H2,2-5H3. The number of carbonyl (C=O) groups excluding carboxylic acids is 1. The van der Waals surface area contributed by atoms with Crippen LogP contribution in [0.25, 0.3) is 0 Å². The van der Waals surface area contributed by atoms with Crippen molar-refractivity contribution in [3.8, 4) is 0 Å². The van der Waals surface area contributed by atoms with Crippen molar-refractivity contribution in [3.63, 3.8) is 0 Å². The maximum absolute atomic E-state index is 12.2. The Morgan fingerprint density at radius 1 is 1.38 bits per heavy atom. The van der Waals surface area contributed by atoms with Crippen molar-refractivity contribution in [1.29, 1.82) is 0 Å². The van der Waals surface area contributed by atoms with Gasteiger partial charge in [0.15, 0.2) is 0 Å². The van der Waals surface area contributed by atoms with Gasteiger partial charge in [-0.25, -0.2) is 0 Å². The maximum atomic E-state index is 12.2. The van der Waals surface area contributed by atoms with Gasteiger partial charge in [0, 0.05) is 19.1 Å². The van der Waals surface area contributed by atoms with Crippen molar-refractivity contribution in [2.24, 2.45) is 17.6 Å². The Morgan fingerprint density at radius 3 is 2.25 bits per heavy atom. The number of nitrogens with zero attached hydrogens (tertiary/aromatic N) is 1. The lowest BCUT2D eigenvalue weighted by molar-refractivity contribution is -0.136. The zero-order valence-electron chi connectivity index (χ0n) is 11.1. The second-order valence-electron chi connectivity index (χ2n) is 4.94. The van der Waals surface area contributed by atoms with Gasteiger partial charge in [-0.2, -0.15) is 0 Å². The molecule has 3 heteroatoms. The van der Waals surface area contributed by atoms with E-state index in [9.17, 15) is 4.79 Å². The van der Waals surface area contributed by atoms with Crippen molar-refractivity contribution in [2.75, 3.05) is 13.1 Å². The van der Waals surface area contributed by atoms with Crippen molar-refractivity contribution in [2.45, 2.75) is 40.2 Å². The van der Waals surface area contributed by atoms with E-state index in [0.717, 1.165) is 6.42 Å². The monoisotopic (exact) mass is 226 g/mol. The molecule has 0 heterocycles. The van der Waals surface area contributed by atoms with Crippen LogP contribution in [0.2, 0.25) is 0 Å². The highest BCUT2D eigenvalue weighted by molar-refractivity contribution is 5.79. The summed E-state index contributed by atoms with van der Waals surface area (Å²) < 4.78 is 0. The summed E-state index contributed by atoms with van der Waals surface area (Å²) in [4.78, 5) is 14.1. The molecule has 2 N–H and O–H groups in total. The summed E-state index contributed by atoms with van der Waals surface area (Å²) in [5.74, 6) is 0.601. The lowest BCUT2D eigenvalue weighted by Gasteiger charge is -2.30. The maximum Gasteiger partial charge on any atom is 0.227 e. The Bertz CT molecular complexity index is 224. The Kier molecular flexibility index (Phi) is 7.06. The molecule has 16 heavy (non-hydrogen) atoms. The average Bonchev–Trinajstić information content (AvgIpc) is 2.20. The molecule has 0 aromatic rings. The lowest BCUT2D eigenvalue weighted by Crippen LogP contribution is -2.43. The Hall–Kier alpha value is -0.830. The highest BCUT2D eigenvalue weighted by Crippen LogP contribution is 2.15. The molecule has 3 nitrogen and oxygen atoms in total. The van der Waals surface area contributed by atoms with E-state index < -0.39 is 0 Å². The minimum absolute atomic E-state index is 0.0534. The first kappa shape index (κ1) is 15.2. The molecule has 0 fully saturated rings. The number of rotatable bonds is 7. The third-order valence-corrected chi connectivity index (χ3v) is 2.62. The molecule has 0 bridgehead atoms. The van der Waals surface area contributed by atoms with Crippen LogP contribution in [0.1, 0.15) is 34.1 Å². The summed E-state index contributed by atoms with van der Waals surface area (Å²) in [6, 6.07) is 0.201. The van der Waals surface area contributed by atoms with Gasteiger partial charge in [-0.15, -0.1) is 6.58 Å². The molecule has 0 spiro atoms. The van der Waals surface area contributed by atoms with Crippen LogP contribution in [0.15, 0.2) is 12.7 Å². The predicted molar refractivity (Wildman–Crippen MR) is 69.0 cm³/mol. The summed E-state index contributed by atoms with van der Waals surface area (Å²) in [6.07, 6.45) is 2.62. The number of hydrogen-bond donors (Lipinski definition) is 1. The first-order valence-electron chi connectivity index (χ1n) is 6.05. The molecular formula is C13H26N2O. The van der Waals surface area contributed by atoms with Gasteiger partial charge in [-0.1, -0.05) is 19.9 Å². The third-order valence-electron chi connectivity index (χ3n) is 2.62. The zero-order valence-corrected chi connectivity index (χ0v) is 11.1. The second-order valence-corrected chi connectivity index (χ2v) is 4.94. The predicted octanol–water partition coefficient (Wildman–Crippen LogP) is 2.03. The number of amides is 1. The highest BCUT2D eigenvalue weighted by atomic mass is 16.2. The minimum atomic E-state index is -0.0534. The first-order valence-corrected chi connectivity index (χ1v) is 6.05. The molecule has 0 radical (unpaired) electrons. The average molecular weight is 226 g/mol. The minimum Gasteiger partial charge on any atom is -0.336 e. The summed E-state index contributed by atoms with van der Waals surface area (Å²) in [6.45, 7) is 13.0. The van der Waals surface area contributed by atoms with Gasteiger partial charge in [0.05, 0.1) is 5.92 Å². The van der Waals surface area contributed by atoms with Gasteiger partial charge < -0.3 is 10.6 Å². The summed E-state index contributed by atoms with van der Waals surface area (Å²) in [7, 11) is 0. The van der Waals surface area contributed by atoms with E-state index >= 15 is 0 Å². The van der Waals surface area contributed by atoms with E-state index in [4.69, 9.17) is 5.73 Å². The van der Waals surface area contributed by atoms with E-state index in [0.29, 0.717) is 19.0 Å². The Balaban J connectivity index is 4.60. The summed E-state index contributed by atoms with van der Waals surface area (Å²) in [5.41, 5.74) is 5.68. The summed E-state index contributed by atoms with van der Waals surface area (Å²) >= 11 is 0. The molecule has 0 aliphatic rings. The zero-order chi connectivity index (χ0) is 12.7. The van der Waals surface area contributed by atoms with Crippen LogP contribution in [0, 0.1) is 11.8 Å². The van der Waals surface area contributed by atoms with Crippen LogP contribution < -0.4 is 5.73 Å². The molecule has 0 rings (SSSR count). The fourth-order valence-electron chi connectivity index (χ4n) is 1.80. The van der Waals surface area contributed by atoms with Gasteiger partial charge >= 0.3 is 0 Å². The van der Waals surface area contributed by atoms with Gasteiger partial charge in [0.25, 0.3) is 0 Å². The topological polar surface area (TPSA) is 46.3 Å². The van der Waals surface area contributed by atoms with Crippen LogP contribution in [0.5, 0.6) is 0 Å². The molecule has 0 aliphatic heterocycles. The number of nitrogens with two attached hydrogens (primary N) is 1. The molecule has 0 aromatic carbocycles. The fraction of sp³-hybridized carbons (Fsp3) is 0.769. The molecule has 1 unspecified atom stereocenters. The normalized spacial score (nSPS) is 12.9. The van der Waals surface area contributed by atoms with Crippen molar-refractivity contribution in [1.82, 2.24) is 4.90 Å². The van der Waals surface area contributed by atoms with Crippen LogP contribution in [-0.4, -0.2) is 29.9 Å². The quantitative estimate of drug-likeness (QED) is 0.675. The van der Waals surface area contributed by atoms with Gasteiger partial charge in [-0.05, 0) is 26.2 Å². The number of carbonyl (C=O) groups is 1. The Morgan fingerprint density at radius 2 is 1.94 bits per heavy atom. The van der Waals surface area contributed by atoms with Crippen molar-refractivity contribution >= 4 is 5.91 Å². The van der Waals surface area contributed by atoms with Crippen molar-refractivity contribution < 1.29 is 4.79 Å². The molecule has 0 saturated carbocycles. The van der Waals surface area contributed by atoms with Gasteiger partial charge in [0.1, 0.15) is 0 Å². The van der Waals surface area contributed by atoms with E-state index in [1.807, 2.05) is 18.7 Å². The van der Waals surface area contributed by atoms with Crippen LogP contribution >= 0.6 is 0 Å². The molecule has 1 amide bonds. The molecule has 94 valence electrons. The molecule has 0 aromatic heterocycles. The molecular weight excluding hydrogens is 200 g/mol. The van der Waals surface area contributed by atoms with Gasteiger partial charge in [0.2, 0.25) is 5.91 Å². The summed E-state index contributed by atoms with van der Waals surface area (Å²) in [5, 5.41) is 0. The molecule has 0 saturated heterocycles.